The Labute approximate surface area is 166 Å². The highest BCUT2D eigenvalue weighted by Crippen LogP contribution is 2.36. The molecule has 1 heterocycles. The van der Waals surface area contributed by atoms with Crippen LogP contribution in [0.5, 0.6) is 5.75 Å². The molecular formula is C23H26N2O3. The van der Waals surface area contributed by atoms with Crippen molar-refractivity contribution in [2.45, 2.75) is 39.2 Å². The number of ether oxygens (including phenoxy) is 1. The van der Waals surface area contributed by atoms with Crippen LogP contribution in [0.25, 0.3) is 0 Å². The monoisotopic (exact) mass is 378 g/mol. The quantitative estimate of drug-likeness (QED) is 0.795. The number of benzene rings is 2. The zero-order valence-corrected chi connectivity index (χ0v) is 16.8. The number of rotatable bonds is 4. The summed E-state index contributed by atoms with van der Waals surface area (Å²) in [5, 5.41) is 2.90. The van der Waals surface area contributed by atoms with Gasteiger partial charge in [-0.1, -0.05) is 39.0 Å². The van der Waals surface area contributed by atoms with Crippen molar-refractivity contribution in [1.82, 2.24) is 0 Å². The second-order valence-corrected chi connectivity index (χ2v) is 7.96. The molecule has 3 rings (SSSR count). The summed E-state index contributed by atoms with van der Waals surface area (Å²) in [5.41, 5.74) is 3.09. The first-order valence-electron chi connectivity index (χ1n) is 9.35. The summed E-state index contributed by atoms with van der Waals surface area (Å²) in [6.45, 7) is 12.2. The van der Waals surface area contributed by atoms with E-state index in [9.17, 15) is 9.59 Å². The van der Waals surface area contributed by atoms with Crippen molar-refractivity contribution < 1.29 is 14.3 Å². The van der Waals surface area contributed by atoms with Crippen LogP contribution in [0.4, 0.5) is 11.4 Å². The highest BCUT2D eigenvalue weighted by atomic mass is 16.5. The first-order valence-corrected chi connectivity index (χ1v) is 9.35. The fourth-order valence-corrected chi connectivity index (χ4v) is 3.13. The van der Waals surface area contributed by atoms with Crippen LogP contribution < -0.4 is 15.0 Å². The van der Waals surface area contributed by atoms with E-state index in [1.807, 2.05) is 24.3 Å². The van der Waals surface area contributed by atoms with E-state index in [4.69, 9.17) is 4.74 Å². The molecule has 1 aliphatic rings. The van der Waals surface area contributed by atoms with Crippen LogP contribution in [0.2, 0.25) is 0 Å². The molecule has 2 aromatic rings. The van der Waals surface area contributed by atoms with Crippen molar-refractivity contribution in [3.63, 3.8) is 0 Å². The Morgan fingerprint density at radius 2 is 1.89 bits per heavy atom. The van der Waals surface area contributed by atoms with Crippen molar-refractivity contribution in [2.75, 3.05) is 16.8 Å². The topological polar surface area (TPSA) is 58.6 Å². The van der Waals surface area contributed by atoms with Crippen molar-refractivity contribution >= 4 is 23.2 Å². The molecule has 0 radical (unpaired) electrons. The number of fused-ring (bicyclic) bond motifs is 1. The van der Waals surface area contributed by atoms with Gasteiger partial charge in [0, 0.05) is 23.9 Å². The molecule has 28 heavy (non-hydrogen) atoms. The summed E-state index contributed by atoms with van der Waals surface area (Å²) >= 11 is 0. The van der Waals surface area contributed by atoms with Gasteiger partial charge in [0.05, 0.1) is 5.69 Å². The Kier molecular flexibility index (Phi) is 5.27. The molecule has 1 atom stereocenters. The summed E-state index contributed by atoms with van der Waals surface area (Å²) in [7, 11) is 0. The smallest absolute Gasteiger partial charge is 0.268 e. The minimum Gasteiger partial charge on any atom is -0.479 e. The normalized spacial score (nSPS) is 16.2. The van der Waals surface area contributed by atoms with Crippen LogP contribution in [0.1, 0.15) is 43.6 Å². The number of hydrogen-bond donors (Lipinski definition) is 1. The SMILES string of the molecule is C=CCN1C(=O)C(C)Oc2cc(NC(=O)c3ccc(C(C)(C)C)cc3)ccc21. The third-order valence-electron chi connectivity index (χ3n) is 4.75. The molecule has 0 fully saturated rings. The molecular weight excluding hydrogens is 352 g/mol. The number of nitrogens with zero attached hydrogens (tertiary/aromatic N) is 1. The van der Waals surface area contributed by atoms with Crippen LogP contribution in [-0.2, 0) is 10.2 Å². The fraction of sp³-hybridized carbons (Fsp3) is 0.304. The Hall–Kier alpha value is -3.08. The molecule has 146 valence electrons. The maximum absolute atomic E-state index is 12.6. The lowest BCUT2D eigenvalue weighted by Gasteiger charge is -2.32. The average molecular weight is 378 g/mol. The van der Waals surface area contributed by atoms with Crippen LogP contribution in [0, 0.1) is 0 Å². The number of nitrogens with one attached hydrogen (secondary N) is 1. The molecule has 5 heteroatoms. The van der Waals surface area contributed by atoms with E-state index in [1.165, 1.54) is 5.56 Å². The van der Waals surface area contributed by atoms with Crippen molar-refractivity contribution in [1.29, 1.82) is 0 Å². The summed E-state index contributed by atoms with van der Waals surface area (Å²) in [6, 6.07) is 12.9. The third-order valence-corrected chi connectivity index (χ3v) is 4.75. The van der Waals surface area contributed by atoms with Crippen LogP contribution >= 0.6 is 0 Å². The van der Waals surface area contributed by atoms with E-state index in [0.717, 1.165) is 0 Å². The van der Waals surface area contributed by atoms with Gasteiger partial charge in [0.2, 0.25) is 0 Å². The van der Waals surface area contributed by atoms with Gasteiger partial charge >= 0.3 is 0 Å². The molecule has 0 saturated heterocycles. The van der Waals surface area contributed by atoms with E-state index in [-0.39, 0.29) is 17.2 Å². The number of hydrogen-bond acceptors (Lipinski definition) is 3. The molecule has 0 aromatic heterocycles. The Balaban J connectivity index is 1.80. The molecule has 2 aromatic carbocycles. The standard InChI is InChI=1S/C23H26N2O3/c1-6-13-25-19-12-11-18(14-20(19)28-15(2)22(25)27)24-21(26)16-7-9-17(10-8-16)23(3,4)5/h6-12,14-15H,1,13H2,2-5H3,(H,24,26). The van der Waals surface area contributed by atoms with Crippen molar-refractivity contribution in [3.05, 3.63) is 66.2 Å². The lowest BCUT2D eigenvalue weighted by molar-refractivity contribution is -0.125. The maximum atomic E-state index is 12.6. The van der Waals surface area contributed by atoms with Gasteiger partial charge in [-0.25, -0.2) is 0 Å². The second-order valence-electron chi connectivity index (χ2n) is 7.96. The summed E-state index contributed by atoms with van der Waals surface area (Å²) in [4.78, 5) is 26.5. The molecule has 1 unspecified atom stereocenters. The number of carbonyl (C=O) groups excluding carboxylic acids is 2. The lowest BCUT2D eigenvalue weighted by Crippen LogP contribution is -2.44. The van der Waals surface area contributed by atoms with E-state index in [0.29, 0.717) is 29.2 Å². The molecule has 5 nitrogen and oxygen atoms in total. The molecule has 1 aliphatic heterocycles. The van der Waals surface area contributed by atoms with E-state index >= 15 is 0 Å². The van der Waals surface area contributed by atoms with Gasteiger partial charge in [-0.05, 0) is 42.2 Å². The zero-order chi connectivity index (χ0) is 20.5. The largest absolute Gasteiger partial charge is 0.479 e. The van der Waals surface area contributed by atoms with Gasteiger partial charge in [0.1, 0.15) is 5.75 Å². The van der Waals surface area contributed by atoms with Gasteiger partial charge in [0.15, 0.2) is 6.10 Å². The van der Waals surface area contributed by atoms with Gasteiger partial charge < -0.3 is 15.0 Å². The minimum atomic E-state index is -0.580. The maximum Gasteiger partial charge on any atom is 0.268 e. The second kappa shape index (κ2) is 7.50. The Morgan fingerprint density at radius 1 is 1.21 bits per heavy atom. The van der Waals surface area contributed by atoms with Crippen LogP contribution in [0.3, 0.4) is 0 Å². The van der Waals surface area contributed by atoms with Gasteiger partial charge in [0.25, 0.3) is 11.8 Å². The molecule has 0 saturated carbocycles. The molecule has 1 N–H and O–H groups in total. The van der Waals surface area contributed by atoms with Crippen LogP contribution in [0.15, 0.2) is 55.1 Å². The first kappa shape index (κ1) is 19.7. The first-order chi connectivity index (χ1) is 13.2. The summed E-state index contributed by atoms with van der Waals surface area (Å²) in [5.74, 6) is 0.265. The summed E-state index contributed by atoms with van der Waals surface area (Å²) in [6.07, 6.45) is 1.10. The lowest BCUT2D eigenvalue weighted by atomic mass is 9.87. The molecule has 0 spiro atoms. The predicted molar refractivity (Wildman–Crippen MR) is 112 cm³/mol. The summed E-state index contributed by atoms with van der Waals surface area (Å²) < 4.78 is 5.72. The Bertz CT molecular complexity index is 910. The van der Waals surface area contributed by atoms with Gasteiger partial charge in [-0.3, -0.25) is 9.59 Å². The minimum absolute atomic E-state index is 0.0380. The number of anilines is 2. The highest BCUT2D eigenvalue weighted by Gasteiger charge is 2.31. The zero-order valence-electron chi connectivity index (χ0n) is 16.8. The van der Waals surface area contributed by atoms with E-state index < -0.39 is 6.10 Å². The fourth-order valence-electron chi connectivity index (χ4n) is 3.13. The van der Waals surface area contributed by atoms with E-state index in [2.05, 4.69) is 32.7 Å². The predicted octanol–water partition coefficient (Wildman–Crippen LogP) is 4.54. The third kappa shape index (κ3) is 3.93. The number of carbonyl (C=O) groups is 2. The van der Waals surface area contributed by atoms with Crippen molar-refractivity contribution in [3.8, 4) is 5.75 Å². The molecule has 2 amide bonds. The molecule has 0 bridgehead atoms. The average Bonchev–Trinajstić information content (AvgIpc) is 2.65. The van der Waals surface area contributed by atoms with Gasteiger partial charge in [-0.15, -0.1) is 6.58 Å². The van der Waals surface area contributed by atoms with Gasteiger partial charge in [-0.2, -0.15) is 0 Å². The van der Waals surface area contributed by atoms with E-state index in [1.54, 1.807) is 36.1 Å². The molecule has 0 aliphatic carbocycles. The van der Waals surface area contributed by atoms with Crippen molar-refractivity contribution in [2.24, 2.45) is 0 Å². The highest BCUT2D eigenvalue weighted by molar-refractivity contribution is 6.05. The number of amides is 2. The van der Waals surface area contributed by atoms with Crippen LogP contribution in [-0.4, -0.2) is 24.5 Å². The Morgan fingerprint density at radius 3 is 2.50 bits per heavy atom.